The van der Waals surface area contributed by atoms with Crippen LogP contribution in [-0.2, 0) is 0 Å². The highest BCUT2D eigenvalue weighted by Gasteiger charge is 2.14. The quantitative estimate of drug-likeness (QED) is 0.801. The van der Waals surface area contributed by atoms with Gasteiger partial charge in [0.1, 0.15) is 11.3 Å². The van der Waals surface area contributed by atoms with Crippen LogP contribution in [0.3, 0.4) is 0 Å². The van der Waals surface area contributed by atoms with Crippen molar-refractivity contribution in [2.24, 2.45) is 0 Å². The number of hydrogen-bond donors (Lipinski definition) is 1. The van der Waals surface area contributed by atoms with Crippen molar-refractivity contribution < 1.29 is 4.39 Å². The first-order valence-corrected chi connectivity index (χ1v) is 7.57. The zero-order valence-electron chi connectivity index (χ0n) is 13.1. The number of aromatic nitrogens is 3. The number of nitrogen functional groups attached to an aromatic ring is 1. The van der Waals surface area contributed by atoms with Crippen LogP contribution in [0.15, 0.2) is 36.4 Å². The summed E-state index contributed by atoms with van der Waals surface area (Å²) in [5.41, 5.74) is 8.81. The Morgan fingerprint density at radius 2 is 1.65 bits per heavy atom. The van der Waals surface area contributed by atoms with Crippen LogP contribution in [0.1, 0.15) is 13.8 Å². The van der Waals surface area contributed by atoms with Gasteiger partial charge >= 0.3 is 0 Å². The summed E-state index contributed by atoms with van der Waals surface area (Å²) in [4.78, 5) is 15.4. The maximum Gasteiger partial charge on any atom is 0.222 e. The zero-order chi connectivity index (χ0) is 16.4. The first kappa shape index (κ1) is 15.1. The Bertz CT molecular complexity index is 828. The molecule has 0 aliphatic heterocycles. The summed E-state index contributed by atoms with van der Waals surface area (Å²) in [5.74, 6) is 0.687. The summed E-state index contributed by atoms with van der Waals surface area (Å²) in [6.07, 6.45) is 0. The van der Waals surface area contributed by atoms with Gasteiger partial charge in [-0.15, -0.1) is 0 Å². The molecule has 2 N–H and O–H groups in total. The molecule has 3 rings (SSSR count). The number of rotatable bonds is 4. The molecule has 5 nitrogen and oxygen atoms in total. The molecule has 6 heteroatoms. The van der Waals surface area contributed by atoms with Crippen molar-refractivity contribution in [3.63, 3.8) is 0 Å². The van der Waals surface area contributed by atoms with E-state index in [0.717, 1.165) is 30.2 Å². The highest BCUT2D eigenvalue weighted by molar-refractivity contribution is 5.88. The molecule has 0 radical (unpaired) electrons. The largest absolute Gasteiger partial charge is 0.368 e. The smallest absolute Gasteiger partial charge is 0.222 e. The van der Waals surface area contributed by atoms with E-state index in [-0.39, 0.29) is 11.8 Å². The van der Waals surface area contributed by atoms with Gasteiger partial charge in [0.05, 0.1) is 11.2 Å². The van der Waals surface area contributed by atoms with Gasteiger partial charge in [0.25, 0.3) is 0 Å². The van der Waals surface area contributed by atoms with Gasteiger partial charge in [-0.05, 0) is 50.2 Å². The van der Waals surface area contributed by atoms with E-state index in [4.69, 9.17) is 5.73 Å². The van der Waals surface area contributed by atoms with E-state index in [9.17, 15) is 4.39 Å². The van der Waals surface area contributed by atoms with Crippen molar-refractivity contribution in [3.8, 4) is 11.3 Å². The fourth-order valence-corrected chi connectivity index (χ4v) is 2.54. The lowest BCUT2D eigenvalue weighted by atomic mass is 10.1. The second-order valence-corrected chi connectivity index (χ2v) is 5.15. The molecule has 0 fully saturated rings. The van der Waals surface area contributed by atoms with Gasteiger partial charge in [-0.1, -0.05) is 0 Å². The summed E-state index contributed by atoms with van der Waals surface area (Å²) >= 11 is 0. The third kappa shape index (κ3) is 2.92. The molecular formula is C17H18FN5. The molecule has 0 spiro atoms. The van der Waals surface area contributed by atoms with E-state index in [1.54, 1.807) is 12.1 Å². The van der Waals surface area contributed by atoms with Gasteiger partial charge in [-0.25, -0.2) is 14.4 Å². The number of anilines is 2. The van der Waals surface area contributed by atoms with Crippen LogP contribution in [0.5, 0.6) is 0 Å². The van der Waals surface area contributed by atoms with E-state index in [1.807, 2.05) is 12.1 Å². The monoisotopic (exact) mass is 311 g/mol. The summed E-state index contributed by atoms with van der Waals surface area (Å²) in [6.45, 7) is 5.70. The standard InChI is InChI=1S/C17H18FN5/c1-3-23(4-2)16-15-14(21-17(19)22-16)10-9-13(20-15)11-5-7-12(18)8-6-11/h5-10H,3-4H2,1-2H3,(H2,19,21,22). The lowest BCUT2D eigenvalue weighted by Crippen LogP contribution is -2.24. The van der Waals surface area contributed by atoms with Crippen molar-refractivity contribution in [1.29, 1.82) is 0 Å². The molecule has 0 saturated carbocycles. The molecule has 3 aromatic rings. The normalized spacial score (nSPS) is 10.9. The molecule has 23 heavy (non-hydrogen) atoms. The Balaban J connectivity index is 2.19. The number of halogens is 1. The van der Waals surface area contributed by atoms with Crippen LogP contribution < -0.4 is 10.6 Å². The minimum absolute atomic E-state index is 0.232. The molecule has 0 bridgehead atoms. The van der Waals surface area contributed by atoms with E-state index < -0.39 is 0 Å². The molecule has 2 heterocycles. The zero-order valence-corrected chi connectivity index (χ0v) is 13.1. The van der Waals surface area contributed by atoms with Gasteiger partial charge in [0.15, 0.2) is 5.82 Å². The van der Waals surface area contributed by atoms with Crippen molar-refractivity contribution >= 4 is 22.8 Å². The number of nitrogens with two attached hydrogens (primary N) is 1. The number of pyridine rings is 1. The maximum atomic E-state index is 13.1. The third-order valence-electron chi connectivity index (χ3n) is 3.74. The molecule has 118 valence electrons. The number of benzene rings is 1. The lowest BCUT2D eigenvalue weighted by molar-refractivity contribution is 0.628. The number of hydrogen-bond acceptors (Lipinski definition) is 5. The van der Waals surface area contributed by atoms with Crippen LogP contribution >= 0.6 is 0 Å². The fraction of sp³-hybridized carbons (Fsp3) is 0.235. The third-order valence-corrected chi connectivity index (χ3v) is 3.74. The summed E-state index contributed by atoms with van der Waals surface area (Å²) < 4.78 is 13.1. The summed E-state index contributed by atoms with van der Waals surface area (Å²) in [5, 5.41) is 0. The Kier molecular flexibility index (Phi) is 4.06. The molecule has 1 aromatic carbocycles. The molecule has 0 amide bonds. The maximum absolute atomic E-state index is 13.1. The van der Waals surface area contributed by atoms with Gasteiger partial charge in [-0.2, -0.15) is 4.98 Å². The highest BCUT2D eigenvalue weighted by atomic mass is 19.1. The Morgan fingerprint density at radius 3 is 2.30 bits per heavy atom. The van der Waals surface area contributed by atoms with E-state index in [2.05, 4.69) is 33.7 Å². The van der Waals surface area contributed by atoms with Crippen LogP contribution in [0.2, 0.25) is 0 Å². The van der Waals surface area contributed by atoms with E-state index in [0.29, 0.717) is 11.0 Å². The van der Waals surface area contributed by atoms with Crippen LogP contribution in [0.25, 0.3) is 22.3 Å². The average molecular weight is 311 g/mol. The van der Waals surface area contributed by atoms with Crippen LogP contribution in [-0.4, -0.2) is 28.0 Å². The second-order valence-electron chi connectivity index (χ2n) is 5.15. The van der Waals surface area contributed by atoms with E-state index in [1.165, 1.54) is 12.1 Å². The van der Waals surface area contributed by atoms with Gasteiger partial charge in [0.2, 0.25) is 5.95 Å². The predicted molar refractivity (Wildman–Crippen MR) is 90.7 cm³/mol. The van der Waals surface area contributed by atoms with Gasteiger partial charge in [-0.3, -0.25) is 0 Å². The first-order chi connectivity index (χ1) is 11.1. The number of nitrogens with zero attached hydrogens (tertiary/aromatic N) is 4. The van der Waals surface area contributed by atoms with E-state index >= 15 is 0 Å². The molecule has 0 aliphatic carbocycles. The van der Waals surface area contributed by atoms with Crippen LogP contribution in [0.4, 0.5) is 16.2 Å². The van der Waals surface area contributed by atoms with Crippen molar-refractivity contribution in [2.45, 2.75) is 13.8 Å². The van der Waals surface area contributed by atoms with Gasteiger partial charge in [0, 0.05) is 18.7 Å². The molecular weight excluding hydrogens is 293 g/mol. The summed E-state index contributed by atoms with van der Waals surface area (Å²) in [7, 11) is 0. The molecule has 0 unspecified atom stereocenters. The van der Waals surface area contributed by atoms with Crippen molar-refractivity contribution in [1.82, 2.24) is 15.0 Å². The lowest BCUT2D eigenvalue weighted by Gasteiger charge is -2.21. The molecule has 0 atom stereocenters. The number of fused-ring (bicyclic) bond motifs is 1. The van der Waals surface area contributed by atoms with Crippen molar-refractivity contribution in [3.05, 3.63) is 42.2 Å². The predicted octanol–water partition coefficient (Wildman–Crippen LogP) is 3.26. The topological polar surface area (TPSA) is 67.9 Å². The SMILES string of the molecule is CCN(CC)c1nc(N)nc2ccc(-c3ccc(F)cc3)nc12. The minimum atomic E-state index is -0.269. The molecule has 0 aliphatic rings. The Hall–Kier alpha value is -2.76. The average Bonchev–Trinajstić information content (AvgIpc) is 2.56. The fourth-order valence-electron chi connectivity index (χ4n) is 2.54. The highest BCUT2D eigenvalue weighted by Crippen LogP contribution is 2.26. The minimum Gasteiger partial charge on any atom is -0.368 e. The first-order valence-electron chi connectivity index (χ1n) is 7.57. The second kappa shape index (κ2) is 6.16. The summed E-state index contributed by atoms with van der Waals surface area (Å²) in [6, 6.07) is 9.98. The molecule has 2 aromatic heterocycles. The Labute approximate surface area is 134 Å². The van der Waals surface area contributed by atoms with Gasteiger partial charge < -0.3 is 10.6 Å². The van der Waals surface area contributed by atoms with Crippen LogP contribution in [0, 0.1) is 5.82 Å². The Morgan fingerprint density at radius 1 is 0.957 bits per heavy atom. The van der Waals surface area contributed by atoms with Crippen molar-refractivity contribution in [2.75, 3.05) is 23.7 Å². The molecule has 0 saturated heterocycles.